The maximum atomic E-state index is 12.1. The van der Waals surface area contributed by atoms with E-state index in [4.69, 9.17) is 9.84 Å². The molecule has 1 heterocycles. The quantitative estimate of drug-likeness (QED) is 0.780. The summed E-state index contributed by atoms with van der Waals surface area (Å²) in [5, 5.41) is 13.3. The monoisotopic (exact) mass is 397 g/mol. The Bertz CT molecular complexity index is 729. The zero-order chi connectivity index (χ0) is 17.0. The van der Waals surface area contributed by atoms with E-state index in [1.54, 1.807) is 29.5 Å². The van der Waals surface area contributed by atoms with Gasteiger partial charge in [-0.2, -0.15) is 0 Å². The second-order valence-corrected chi connectivity index (χ2v) is 7.35. The molecule has 2 N–H and O–H groups in total. The molecular weight excluding hydrogens is 382 g/mol. The van der Waals surface area contributed by atoms with Gasteiger partial charge in [0, 0.05) is 11.1 Å². The van der Waals surface area contributed by atoms with Crippen LogP contribution in [0.4, 0.5) is 0 Å². The standard InChI is InChI=1S/C16H16BrNO4S/c1-9-3-4-12(15(19)18-10(2)16(20)21)6-13(9)22-7-11-5-14(17)23-8-11/h3-6,8,10H,7H2,1-2H3,(H,18,19)(H,20,21)/t10-/m1/s1. The first-order valence-electron chi connectivity index (χ1n) is 6.87. The summed E-state index contributed by atoms with van der Waals surface area (Å²) < 4.78 is 6.80. The van der Waals surface area contributed by atoms with Gasteiger partial charge in [0.15, 0.2) is 0 Å². The lowest BCUT2D eigenvalue weighted by molar-refractivity contribution is -0.138. The van der Waals surface area contributed by atoms with Gasteiger partial charge in [-0.1, -0.05) is 6.07 Å². The fourth-order valence-corrected chi connectivity index (χ4v) is 3.01. The molecule has 1 atom stereocenters. The number of rotatable bonds is 6. The normalized spacial score (nSPS) is 11.8. The van der Waals surface area contributed by atoms with Crippen LogP contribution in [0.1, 0.15) is 28.4 Å². The van der Waals surface area contributed by atoms with E-state index in [0.29, 0.717) is 17.9 Å². The van der Waals surface area contributed by atoms with Crippen molar-refractivity contribution in [3.8, 4) is 5.75 Å². The Labute approximate surface area is 146 Å². The Hall–Kier alpha value is -1.86. The highest BCUT2D eigenvalue weighted by Crippen LogP contribution is 2.24. The van der Waals surface area contributed by atoms with Crippen LogP contribution in [-0.4, -0.2) is 23.0 Å². The molecule has 0 aliphatic rings. The third-order valence-corrected chi connectivity index (χ3v) is 4.74. The summed E-state index contributed by atoms with van der Waals surface area (Å²) in [6.07, 6.45) is 0. The number of ether oxygens (including phenoxy) is 1. The summed E-state index contributed by atoms with van der Waals surface area (Å²) >= 11 is 4.98. The van der Waals surface area contributed by atoms with Crippen LogP contribution in [0.3, 0.4) is 0 Å². The first kappa shape index (κ1) is 17.5. The molecule has 5 nitrogen and oxygen atoms in total. The second kappa shape index (κ2) is 7.61. The van der Waals surface area contributed by atoms with Crippen LogP contribution in [0.5, 0.6) is 5.75 Å². The molecule has 2 rings (SSSR count). The van der Waals surface area contributed by atoms with Crippen LogP contribution in [0, 0.1) is 6.92 Å². The highest BCUT2D eigenvalue weighted by Gasteiger charge is 2.16. The van der Waals surface area contributed by atoms with Crippen molar-refractivity contribution in [2.45, 2.75) is 26.5 Å². The van der Waals surface area contributed by atoms with Crippen molar-refractivity contribution in [2.75, 3.05) is 0 Å². The van der Waals surface area contributed by atoms with E-state index < -0.39 is 17.9 Å². The molecule has 0 unspecified atom stereocenters. The second-order valence-electron chi connectivity index (χ2n) is 5.06. The molecule has 0 aliphatic heterocycles. The Morgan fingerprint density at radius 3 is 2.74 bits per heavy atom. The first-order chi connectivity index (χ1) is 10.9. The van der Waals surface area contributed by atoms with E-state index in [-0.39, 0.29) is 0 Å². The van der Waals surface area contributed by atoms with Gasteiger partial charge in [0.1, 0.15) is 18.4 Å². The Balaban J connectivity index is 2.08. The molecule has 0 radical (unpaired) electrons. The summed E-state index contributed by atoms with van der Waals surface area (Å²) in [6, 6.07) is 6.08. The zero-order valence-electron chi connectivity index (χ0n) is 12.6. The third-order valence-electron chi connectivity index (χ3n) is 3.18. The fraction of sp³-hybridized carbons (Fsp3) is 0.250. The smallest absolute Gasteiger partial charge is 0.325 e. The van der Waals surface area contributed by atoms with E-state index in [1.165, 1.54) is 6.92 Å². The lowest BCUT2D eigenvalue weighted by Crippen LogP contribution is -2.38. The lowest BCUT2D eigenvalue weighted by Gasteiger charge is -2.12. The molecule has 2 aromatic rings. The maximum Gasteiger partial charge on any atom is 0.325 e. The van der Waals surface area contributed by atoms with E-state index in [1.807, 2.05) is 18.4 Å². The largest absolute Gasteiger partial charge is 0.489 e. The molecule has 1 aromatic carbocycles. The molecule has 7 heteroatoms. The Kier molecular flexibility index (Phi) is 5.79. The minimum atomic E-state index is -1.08. The number of carbonyl (C=O) groups excluding carboxylic acids is 1. The molecule has 0 fully saturated rings. The minimum absolute atomic E-state index is 0.366. The van der Waals surface area contributed by atoms with E-state index in [9.17, 15) is 9.59 Å². The topological polar surface area (TPSA) is 75.6 Å². The average molecular weight is 398 g/mol. The molecule has 122 valence electrons. The molecule has 0 aliphatic carbocycles. The molecule has 23 heavy (non-hydrogen) atoms. The first-order valence-corrected chi connectivity index (χ1v) is 8.54. The highest BCUT2D eigenvalue weighted by atomic mass is 79.9. The molecule has 0 saturated heterocycles. The molecule has 1 aromatic heterocycles. The number of amides is 1. The van der Waals surface area contributed by atoms with Crippen molar-refractivity contribution in [3.63, 3.8) is 0 Å². The summed E-state index contributed by atoms with van der Waals surface area (Å²) in [5.41, 5.74) is 2.31. The van der Waals surface area contributed by atoms with Gasteiger partial charge in [0.25, 0.3) is 5.91 Å². The van der Waals surface area contributed by atoms with Gasteiger partial charge in [-0.3, -0.25) is 9.59 Å². The molecule has 0 spiro atoms. The van der Waals surface area contributed by atoms with Gasteiger partial charge >= 0.3 is 5.97 Å². The number of carbonyl (C=O) groups is 2. The van der Waals surface area contributed by atoms with Crippen LogP contribution in [0.2, 0.25) is 0 Å². The molecule has 0 saturated carbocycles. The van der Waals surface area contributed by atoms with Crippen molar-refractivity contribution in [2.24, 2.45) is 0 Å². The number of nitrogens with one attached hydrogen (secondary N) is 1. The predicted molar refractivity (Wildman–Crippen MR) is 92.1 cm³/mol. The van der Waals surface area contributed by atoms with Gasteiger partial charge in [-0.05, 0) is 58.9 Å². The molecular formula is C16H16BrNO4S. The van der Waals surface area contributed by atoms with Crippen LogP contribution in [0.25, 0.3) is 0 Å². The highest BCUT2D eigenvalue weighted by molar-refractivity contribution is 9.11. The van der Waals surface area contributed by atoms with Gasteiger partial charge < -0.3 is 15.2 Å². The van der Waals surface area contributed by atoms with Crippen molar-refractivity contribution in [1.82, 2.24) is 5.32 Å². The maximum absolute atomic E-state index is 12.1. The van der Waals surface area contributed by atoms with Crippen LogP contribution < -0.4 is 10.1 Å². The number of benzene rings is 1. The van der Waals surface area contributed by atoms with E-state index >= 15 is 0 Å². The van der Waals surface area contributed by atoms with Gasteiger partial charge in [0.05, 0.1) is 3.79 Å². The van der Waals surface area contributed by atoms with E-state index in [2.05, 4.69) is 21.2 Å². The number of aryl methyl sites for hydroxylation is 1. The molecule has 1 amide bonds. The van der Waals surface area contributed by atoms with Crippen LogP contribution in [-0.2, 0) is 11.4 Å². The van der Waals surface area contributed by atoms with Gasteiger partial charge in [0.2, 0.25) is 0 Å². The lowest BCUT2D eigenvalue weighted by atomic mass is 10.1. The summed E-state index contributed by atoms with van der Waals surface area (Å²) in [4.78, 5) is 22.9. The number of hydrogen-bond donors (Lipinski definition) is 2. The van der Waals surface area contributed by atoms with Crippen LogP contribution in [0.15, 0.2) is 33.4 Å². The van der Waals surface area contributed by atoms with Crippen molar-refractivity contribution < 1.29 is 19.4 Å². The van der Waals surface area contributed by atoms with Crippen molar-refractivity contribution >= 4 is 39.1 Å². The summed E-state index contributed by atoms with van der Waals surface area (Å²) in [5.74, 6) is -0.920. The Morgan fingerprint density at radius 2 is 2.13 bits per heavy atom. The number of carboxylic acid groups (broad SMARTS) is 1. The number of carboxylic acids is 1. The summed E-state index contributed by atoms with van der Waals surface area (Å²) in [7, 11) is 0. The van der Waals surface area contributed by atoms with E-state index in [0.717, 1.165) is 14.9 Å². The number of aliphatic carboxylic acids is 1. The molecule has 0 bridgehead atoms. The van der Waals surface area contributed by atoms with Gasteiger partial charge in [-0.15, -0.1) is 11.3 Å². The van der Waals surface area contributed by atoms with Crippen molar-refractivity contribution in [3.05, 3.63) is 50.1 Å². The summed E-state index contributed by atoms with van der Waals surface area (Å²) in [6.45, 7) is 3.71. The fourth-order valence-electron chi connectivity index (χ4n) is 1.82. The van der Waals surface area contributed by atoms with Crippen LogP contribution >= 0.6 is 27.3 Å². The minimum Gasteiger partial charge on any atom is -0.489 e. The SMILES string of the molecule is Cc1ccc(C(=O)N[C@H](C)C(=O)O)cc1OCc1csc(Br)c1. The van der Waals surface area contributed by atoms with Gasteiger partial charge in [-0.25, -0.2) is 0 Å². The average Bonchev–Trinajstić information content (AvgIpc) is 2.91. The Morgan fingerprint density at radius 1 is 1.39 bits per heavy atom. The predicted octanol–water partition coefficient (Wildman–Crippen LogP) is 3.60. The number of halogens is 1. The number of hydrogen-bond acceptors (Lipinski definition) is 4. The van der Waals surface area contributed by atoms with Crippen molar-refractivity contribution in [1.29, 1.82) is 0 Å². The third kappa shape index (κ3) is 4.80. The number of thiophene rings is 1. The zero-order valence-corrected chi connectivity index (χ0v) is 15.0.